The lowest BCUT2D eigenvalue weighted by Crippen LogP contribution is -2.48. The Morgan fingerprint density at radius 1 is 1.31 bits per heavy atom. The fraction of sp³-hybridized carbons (Fsp3) is 0.667. The van der Waals surface area contributed by atoms with E-state index in [0.29, 0.717) is 0 Å². The first-order valence-corrected chi connectivity index (χ1v) is 4.82. The first kappa shape index (κ1) is 14.4. The molecule has 2 amide bonds. The van der Waals surface area contributed by atoms with Crippen molar-refractivity contribution in [3.8, 4) is 0 Å². The molecule has 0 aromatic heterocycles. The van der Waals surface area contributed by atoms with Gasteiger partial charge in [-0.15, -0.1) is 0 Å². The molecule has 0 saturated carbocycles. The fourth-order valence-corrected chi connectivity index (χ4v) is 0.943. The molecule has 0 bridgehead atoms. The first-order chi connectivity index (χ1) is 7.25. The van der Waals surface area contributed by atoms with Gasteiger partial charge in [0.2, 0.25) is 11.8 Å². The normalized spacial score (nSPS) is 15.9. The van der Waals surface area contributed by atoms with Gasteiger partial charge in [-0.25, -0.2) is 4.79 Å². The van der Waals surface area contributed by atoms with Crippen molar-refractivity contribution in [1.29, 1.82) is 0 Å². The van der Waals surface area contributed by atoms with Crippen LogP contribution in [0.5, 0.6) is 0 Å². The molecule has 3 atom stereocenters. The van der Waals surface area contributed by atoms with Gasteiger partial charge >= 0.3 is 5.97 Å². The van der Waals surface area contributed by atoms with E-state index in [1.165, 1.54) is 0 Å². The summed E-state index contributed by atoms with van der Waals surface area (Å²) in [6, 6.07) is -1.70. The molecular weight excluding hydrogens is 214 g/mol. The number of hydrogen-bond acceptors (Lipinski definition) is 4. The zero-order chi connectivity index (χ0) is 12.9. The van der Waals surface area contributed by atoms with Gasteiger partial charge in [0.05, 0.1) is 6.42 Å². The molecule has 16 heavy (non-hydrogen) atoms. The van der Waals surface area contributed by atoms with Crippen molar-refractivity contribution in [3.05, 3.63) is 0 Å². The molecule has 3 unspecified atom stereocenters. The average molecular weight is 231 g/mol. The fourth-order valence-electron chi connectivity index (χ4n) is 0.943. The van der Waals surface area contributed by atoms with Gasteiger partial charge in [-0.05, 0) is 6.92 Å². The van der Waals surface area contributed by atoms with Crippen LogP contribution < -0.4 is 16.8 Å². The maximum absolute atomic E-state index is 11.5. The van der Waals surface area contributed by atoms with Crippen molar-refractivity contribution >= 4 is 17.8 Å². The van der Waals surface area contributed by atoms with E-state index >= 15 is 0 Å². The smallest absolute Gasteiger partial charge is 0.326 e. The van der Waals surface area contributed by atoms with Crippen molar-refractivity contribution in [2.75, 3.05) is 0 Å². The summed E-state index contributed by atoms with van der Waals surface area (Å²) in [6.45, 7) is 3.21. The van der Waals surface area contributed by atoms with Crippen LogP contribution in [0.15, 0.2) is 0 Å². The number of carbonyl (C=O) groups is 3. The number of hydrogen-bond donors (Lipinski definition) is 4. The van der Waals surface area contributed by atoms with E-state index in [9.17, 15) is 14.4 Å². The number of amides is 2. The minimum absolute atomic E-state index is 0.400. The molecule has 0 saturated heterocycles. The van der Waals surface area contributed by atoms with Crippen LogP contribution in [0, 0.1) is 5.92 Å². The number of aliphatic carboxylic acids is 1. The third-order valence-corrected chi connectivity index (χ3v) is 2.22. The van der Waals surface area contributed by atoms with Crippen molar-refractivity contribution in [1.82, 2.24) is 5.32 Å². The van der Waals surface area contributed by atoms with Gasteiger partial charge in [-0.3, -0.25) is 9.59 Å². The summed E-state index contributed by atoms with van der Waals surface area (Å²) in [6.07, 6.45) is -0.438. The highest BCUT2D eigenvalue weighted by atomic mass is 16.4. The highest BCUT2D eigenvalue weighted by Crippen LogP contribution is 2.01. The lowest BCUT2D eigenvalue weighted by Gasteiger charge is -2.18. The zero-order valence-corrected chi connectivity index (χ0v) is 9.27. The predicted molar refractivity (Wildman–Crippen MR) is 56.2 cm³/mol. The van der Waals surface area contributed by atoms with Gasteiger partial charge in [-0.1, -0.05) is 6.92 Å². The molecule has 7 nitrogen and oxygen atoms in total. The topological polar surface area (TPSA) is 136 Å². The number of carbonyl (C=O) groups excluding carboxylic acids is 2. The van der Waals surface area contributed by atoms with Crippen LogP contribution >= 0.6 is 0 Å². The van der Waals surface area contributed by atoms with Crippen molar-refractivity contribution in [2.45, 2.75) is 32.4 Å². The van der Waals surface area contributed by atoms with E-state index in [1.54, 1.807) is 13.8 Å². The molecule has 0 heterocycles. The summed E-state index contributed by atoms with van der Waals surface area (Å²) in [4.78, 5) is 32.8. The molecule has 0 rings (SSSR count). The monoisotopic (exact) mass is 231 g/mol. The van der Waals surface area contributed by atoms with Crippen LogP contribution in [0.2, 0.25) is 0 Å². The van der Waals surface area contributed by atoms with Gasteiger partial charge in [0.1, 0.15) is 6.04 Å². The summed E-state index contributed by atoms with van der Waals surface area (Å²) in [5.74, 6) is -3.14. The lowest BCUT2D eigenvalue weighted by molar-refractivity contribution is -0.143. The molecule has 0 aliphatic carbocycles. The third kappa shape index (κ3) is 4.74. The standard InChI is InChI=1S/C9H17N3O4/c1-4(5(2)10)8(14)12-6(9(15)16)3-7(11)13/h4-6H,3,10H2,1-2H3,(H2,11,13)(H,12,14)(H,15,16). The zero-order valence-electron chi connectivity index (χ0n) is 9.27. The molecular formula is C9H17N3O4. The van der Waals surface area contributed by atoms with Crippen LogP contribution in [0.25, 0.3) is 0 Å². The highest BCUT2D eigenvalue weighted by Gasteiger charge is 2.25. The second-order valence-electron chi connectivity index (χ2n) is 3.72. The molecule has 0 aromatic rings. The van der Waals surface area contributed by atoms with Crippen LogP contribution in [0.3, 0.4) is 0 Å². The van der Waals surface area contributed by atoms with Crippen molar-refractivity contribution in [3.63, 3.8) is 0 Å². The molecule has 0 fully saturated rings. The van der Waals surface area contributed by atoms with Gasteiger partial charge in [0.15, 0.2) is 0 Å². The Balaban J connectivity index is 4.46. The minimum atomic E-state index is -1.30. The van der Waals surface area contributed by atoms with Crippen LogP contribution in [0.1, 0.15) is 20.3 Å². The van der Waals surface area contributed by atoms with Crippen LogP contribution in [-0.4, -0.2) is 35.0 Å². The number of primary amides is 1. The maximum atomic E-state index is 11.5. The third-order valence-electron chi connectivity index (χ3n) is 2.22. The summed E-state index contributed by atoms with van der Waals surface area (Å²) >= 11 is 0. The number of carboxylic acids is 1. The van der Waals surface area contributed by atoms with Crippen LogP contribution in [-0.2, 0) is 14.4 Å². The van der Waals surface area contributed by atoms with Crippen LogP contribution in [0.4, 0.5) is 0 Å². The van der Waals surface area contributed by atoms with E-state index in [4.69, 9.17) is 16.6 Å². The summed E-state index contributed by atoms with van der Waals surface area (Å²) in [7, 11) is 0. The maximum Gasteiger partial charge on any atom is 0.326 e. The Kier molecular flexibility index (Phi) is 5.44. The van der Waals surface area contributed by atoms with Crippen molar-refractivity contribution < 1.29 is 19.5 Å². The Morgan fingerprint density at radius 3 is 2.12 bits per heavy atom. The second-order valence-corrected chi connectivity index (χ2v) is 3.72. The molecule has 0 radical (unpaired) electrons. The van der Waals surface area contributed by atoms with E-state index in [0.717, 1.165) is 0 Å². The minimum Gasteiger partial charge on any atom is -0.480 e. The molecule has 0 aliphatic rings. The number of carboxylic acid groups (broad SMARTS) is 1. The lowest BCUT2D eigenvalue weighted by atomic mass is 10.0. The molecule has 6 N–H and O–H groups in total. The van der Waals surface area contributed by atoms with E-state index in [-0.39, 0.29) is 0 Å². The quantitative estimate of drug-likeness (QED) is 0.437. The highest BCUT2D eigenvalue weighted by molar-refractivity contribution is 5.88. The number of nitrogens with two attached hydrogens (primary N) is 2. The van der Waals surface area contributed by atoms with Crippen molar-refractivity contribution in [2.24, 2.45) is 17.4 Å². The Labute approximate surface area is 93.2 Å². The first-order valence-electron chi connectivity index (χ1n) is 4.82. The molecule has 0 aromatic carbocycles. The summed E-state index contributed by atoms with van der Waals surface area (Å²) in [5.41, 5.74) is 10.4. The average Bonchev–Trinajstić information content (AvgIpc) is 2.14. The molecule has 0 aliphatic heterocycles. The largest absolute Gasteiger partial charge is 0.480 e. The second kappa shape index (κ2) is 6.06. The Hall–Kier alpha value is -1.63. The molecule has 7 heteroatoms. The molecule has 92 valence electrons. The van der Waals surface area contributed by atoms with E-state index in [2.05, 4.69) is 5.32 Å². The SMILES string of the molecule is CC(N)C(C)C(=O)NC(CC(N)=O)C(=O)O. The van der Waals surface area contributed by atoms with Gasteiger partial charge in [0.25, 0.3) is 0 Å². The van der Waals surface area contributed by atoms with Gasteiger partial charge in [0, 0.05) is 12.0 Å². The Bertz CT molecular complexity index is 290. The number of nitrogens with one attached hydrogen (secondary N) is 1. The Morgan fingerprint density at radius 2 is 1.81 bits per heavy atom. The van der Waals surface area contributed by atoms with E-state index < -0.39 is 42.2 Å². The predicted octanol–water partition coefficient (Wildman–Crippen LogP) is -1.59. The van der Waals surface area contributed by atoms with Gasteiger partial charge < -0.3 is 21.9 Å². The summed E-state index contributed by atoms with van der Waals surface area (Å²) < 4.78 is 0. The molecule has 0 spiro atoms. The number of rotatable bonds is 6. The summed E-state index contributed by atoms with van der Waals surface area (Å²) in [5, 5.41) is 10.9. The van der Waals surface area contributed by atoms with E-state index in [1.807, 2.05) is 0 Å². The van der Waals surface area contributed by atoms with Gasteiger partial charge in [-0.2, -0.15) is 0 Å².